The molecule has 0 radical (unpaired) electrons. The Morgan fingerprint density at radius 1 is 0.824 bits per heavy atom. The average Bonchev–Trinajstić information content (AvgIpc) is 3.25. The third kappa shape index (κ3) is 4.69. The van der Waals surface area contributed by atoms with E-state index in [1.165, 1.54) is 19.8 Å². The first-order chi connectivity index (χ1) is 16.4. The van der Waals surface area contributed by atoms with Crippen molar-refractivity contribution in [3.05, 3.63) is 65.4 Å². The molecule has 0 spiro atoms. The number of nitrogens with zero attached hydrogens (tertiary/aromatic N) is 2. The third-order valence-electron chi connectivity index (χ3n) is 5.76. The highest BCUT2D eigenvalue weighted by Crippen LogP contribution is 2.35. The van der Waals surface area contributed by atoms with Crippen LogP contribution in [0.25, 0.3) is 11.3 Å². The summed E-state index contributed by atoms with van der Waals surface area (Å²) in [5, 5.41) is 0. The van der Waals surface area contributed by atoms with Gasteiger partial charge < -0.3 is 14.2 Å². The van der Waals surface area contributed by atoms with Gasteiger partial charge in [-0.2, -0.15) is 0 Å². The SMILES string of the molecule is COc1ccc(C(=O)CCC(=O)c2ccc(OC)c(-c3ccc4c(c3)N=C(C)C4)n2)cc1OC. The highest BCUT2D eigenvalue weighted by molar-refractivity contribution is 6.02. The predicted molar refractivity (Wildman–Crippen MR) is 130 cm³/mol. The Bertz CT molecular complexity index is 1300. The van der Waals surface area contributed by atoms with E-state index in [0.29, 0.717) is 28.5 Å². The van der Waals surface area contributed by atoms with E-state index in [1.54, 1.807) is 37.4 Å². The third-order valence-corrected chi connectivity index (χ3v) is 5.76. The zero-order valence-electron chi connectivity index (χ0n) is 19.7. The molecule has 7 nitrogen and oxygen atoms in total. The summed E-state index contributed by atoms with van der Waals surface area (Å²) < 4.78 is 16.0. The van der Waals surface area contributed by atoms with Gasteiger partial charge in [-0.25, -0.2) is 4.98 Å². The first kappa shape index (κ1) is 23.2. The number of fused-ring (bicyclic) bond motifs is 1. The Morgan fingerprint density at radius 3 is 2.26 bits per heavy atom. The number of aromatic nitrogens is 1. The van der Waals surface area contributed by atoms with E-state index < -0.39 is 0 Å². The molecule has 2 heterocycles. The maximum Gasteiger partial charge on any atom is 0.181 e. The number of carbonyl (C=O) groups excluding carboxylic acids is 2. The quantitative estimate of drug-likeness (QED) is 0.406. The number of carbonyl (C=O) groups is 2. The van der Waals surface area contributed by atoms with Gasteiger partial charge in [-0.15, -0.1) is 0 Å². The Balaban J connectivity index is 1.52. The zero-order valence-corrected chi connectivity index (χ0v) is 19.7. The van der Waals surface area contributed by atoms with Crippen molar-refractivity contribution in [3.63, 3.8) is 0 Å². The number of aliphatic imine (C=N–C) groups is 1. The summed E-state index contributed by atoms with van der Waals surface area (Å²) >= 11 is 0. The van der Waals surface area contributed by atoms with Crippen molar-refractivity contribution in [2.75, 3.05) is 21.3 Å². The number of rotatable bonds is 9. The summed E-state index contributed by atoms with van der Waals surface area (Å²) in [6.45, 7) is 2.00. The van der Waals surface area contributed by atoms with Crippen molar-refractivity contribution in [1.29, 1.82) is 0 Å². The fourth-order valence-electron chi connectivity index (χ4n) is 3.97. The largest absolute Gasteiger partial charge is 0.494 e. The summed E-state index contributed by atoms with van der Waals surface area (Å²) in [7, 11) is 4.61. The number of Topliss-reactive ketones (excluding diaryl/α,β-unsaturated/α-hetero) is 2. The lowest BCUT2D eigenvalue weighted by molar-refractivity contribution is 0.0915. The highest BCUT2D eigenvalue weighted by atomic mass is 16.5. The van der Waals surface area contributed by atoms with Gasteiger partial charge in [-0.3, -0.25) is 14.6 Å². The number of ether oxygens (including phenoxy) is 3. The molecule has 0 N–H and O–H groups in total. The van der Waals surface area contributed by atoms with Crippen LogP contribution in [0, 0.1) is 0 Å². The molecule has 0 saturated heterocycles. The van der Waals surface area contributed by atoms with Crippen molar-refractivity contribution >= 4 is 23.0 Å². The van der Waals surface area contributed by atoms with E-state index in [9.17, 15) is 9.59 Å². The molecule has 1 aliphatic heterocycles. The topological polar surface area (TPSA) is 87.1 Å². The van der Waals surface area contributed by atoms with E-state index in [2.05, 4.69) is 9.98 Å². The van der Waals surface area contributed by atoms with Crippen LogP contribution in [0.3, 0.4) is 0 Å². The molecule has 0 unspecified atom stereocenters. The molecular weight excluding hydrogens is 432 g/mol. The number of benzene rings is 2. The first-order valence-corrected chi connectivity index (χ1v) is 10.9. The van der Waals surface area contributed by atoms with Crippen LogP contribution in [0.5, 0.6) is 17.2 Å². The molecule has 0 bridgehead atoms. The first-order valence-electron chi connectivity index (χ1n) is 10.9. The van der Waals surface area contributed by atoms with Crippen LogP contribution in [-0.4, -0.2) is 43.6 Å². The van der Waals surface area contributed by atoms with E-state index >= 15 is 0 Å². The summed E-state index contributed by atoms with van der Waals surface area (Å²) in [6.07, 6.45) is 0.941. The molecule has 2 aromatic carbocycles. The molecule has 0 saturated carbocycles. The molecule has 174 valence electrons. The molecular formula is C27H26N2O5. The molecule has 0 amide bonds. The molecule has 1 aliphatic rings. The Hall–Kier alpha value is -4.00. The normalized spacial score (nSPS) is 12.1. The minimum atomic E-state index is -0.215. The van der Waals surface area contributed by atoms with E-state index in [4.69, 9.17) is 14.2 Å². The summed E-state index contributed by atoms with van der Waals surface area (Å²) in [5.74, 6) is 1.20. The second kappa shape index (κ2) is 9.87. The summed E-state index contributed by atoms with van der Waals surface area (Å²) in [5.41, 5.74) is 5.29. The van der Waals surface area contributed by atoms with E-state index in [1.807, 2.05) is 25.1 Å². The fourth-order valence-corrected chi connectivity index (χ4v) is 3.97. The number of methoxy groups -OCH3 is 3. The lowest BCUT2D eigenvalue weighted by Crippen LogP contribution is -2.08. The lowest BCUT2D eigenvalue weighted by Gasteiger charge is -2.11. The maximum absolute atomic E-state index is 12.9. The van der Waals surface area contributed by atoms with Gasteiger partial charge in [0.15, 0.2) is 23.1 Å². The highest BCUT2D eigenvalue weighted by Gasteiger charge is 2.19. The van der Waals surface area contributed by atoms with Gasteiger partial charge >= 0.3 is 0 Å². The van der Waals surface area contributed by atoms with Crippen LogP contribution < -0.4 is 14.2 Å². The fraction of sp³-hybridized carbons (Fsp3) is 0.259. The van der Waals surface area contributed by atoms with E-state index in [0.717, 1.165) is 23.4 Å². The van der Waals surface area contributed by atoms with E-state index in [-0.39, 0.29) is 30.1 Å². The minimum Gasteiger partial charge on any atom is -0.494 e. The van der Waals surface area contributed by atoms with Crippen molar-refractivity contribution in [3.8, 4) is 28.5 Å². The van der Waals surface area contributed by atoms with Gasteiger partial charge in [0.25, 0.3) is 0 Å². The van der Waals surface area contributed by atoms with Crippen molar-refractivity contribution in [2.24, 2.45) is 4.99 Å². The lowest BCUT2D eigenvalue weighted by atomic mass is 10.0. The smallest absolute Gasteiger partial charge is 0.181 e. The molecule has 0 atom stereocenters. The molecule has 0 fully saturated rings. The van der Waals surface area contributed by atoms with Crippen LogP contribution in [0.1, 0.15) is 46.2 Å². The molecule has 34 heavy (non-hydrogen) atoms. The second-order valence-corrected chi connectivity index (χ2v) is 8.03. The average molecular weight is 459 g/mol. The van der Waals surface area contributed by atoms with Crippen LogP contribution in [-0.2, 0) is 6.42 Å². The van der Waals surface area contributed by atoms with Gasteiger partial charge in [-0.1, -0.05) is 12.1 Å². The standard InChI is InChI=1S/C27H26N2O5/c1-16-13-17-5-6-19(14-21(17)28-16)27-25(33-3)12-8-20(29-27)23(31)10-9-22(30)18-7-11-24(32-2)26(15-18)34-4/h5-8,11-12,14-15H,9-10,13H2,1-4H3. The number of hydrogen-bond donors (Lipinski definition) is 0. The molecule has 4 rings (SSSR count). The van der Waals surface area contributed by atoms with Gasteiger partial charge in [0, 0.05) is 36.1 Å². The second-order valence-electron chi connectivity index (χ2n) is 8.03. The number of ketones is 2. The van der Waals surface area contributed by atoms with Crippen LogP contribution >= 0.6 is 0 Å². The van der Waals surface area contributed by atoms with Crippen LogP contribution in [0.15, 0.2) is 53.5 Å². The minimum absolute atomic E-state index is 0.0413. The van der Waals surface area contributed by atoms with Crippen LogP contribution in [0.4, 0.5) is 5.69 Å². The Morgan fingerprint density at radius 2 is 1.53 bits per heavy atom. The summed E-state index contributed by atoms with van der Waals surface area (Å²) in [6, 6.07) is 14.3. The van der Waals surface area contributed by atoms with Crippen molar-refractivity contribution < 1.29 is 23.8 Å². The molecule has 7 heteroatoms. The van der Waals surface area contributed by atoms with Crippen molar-refractivity contribution in [2.45, 2.75) is 26.2 Å². The maximum atomic E-state index is 12.9. The van der Waals surface area contributed by atoms with Gasteiger partial charge in [0.2, 0.25) is 0 Å². The number of hydrogen-bond acceptors (Lipinski definition) is 7. The van der Waals surface area contributed by atoms with Crippen molar-refractivity contribution in [1.82, 2.24) is 4.98 Å². The summed E-state index contributed by atoms with van der Waals surface area (Å²) in [4.78, 5) is 34.7. The Labute approximate surface area is 198 Å². The van der Waals surface area contributed by atoms with Gasteiger partial charge in [0.05, 0.1) is 27.0 Å². The molecule has 0 aliphatic carbocycles. The predicted octanol–water partition coefficient (Wildman–Crippen LogP) is 5.27. The molecule has 1 aromatic heterocycles. The van der Waals surface area contributed by atoms with Crippen LogP contribution in [0.2, 0.25) is 0 Å². The van der Waals surface area contributed by atoms with Gasteiger partial charge in [0.1, 0.15) is 17.1 Å². The monoisotopic (exact) mass is 458 g/mol. The number of pyridine rings is 1. The molecule has 3 aromatic rings. The van der Waals surface area contributed by atoms with Gasteiger partial charge in [-0.05, 0) is 48.9 Å². The Kier molecular flexibility index (Phi) is 6.72. The zero-order chi connectivity index (χ0) is 24.2.